The molecule has 2 N–H and O–H groups in total. The minimum atomic E-state index is -0.121. The van der Waals surface area contributed by atoms with Crippen molar-refractivity contribution in [3.05, 3.63) is 54.6 Å². The van der Waals surface area contributed by atoms with Gasteiger partial charge in [-0.15, -0.1) is 0 Å². The molecule has 0 saturated carbocycles. The molecule has 2 aromatic carbocycles. The predicted molar refractivity (Wildman–Crippen MR) is 85.8 cm³/mol. The lowest BCUT2D eigenvalue weighted by atomic mass is 9.87. The highest BCUT2D eigenvalue weighted by Gasteiger charge is 2.37. The van der Waals surface area contributed by atoms with Crippen LogP contribution in [-0.4, -0.2) is 31.5 Å². The Bertz CT molecular complexity index is 579. The van der Waals surface area contributed by atoms with Crippen molar-refractivity contribution in [1.29, 1.82) is 0 Å². The molecular weight excluding hydrogens is 282 g/mol. The van der Waals surface area contributed by atoms with Crippen LogP contribution in [0.15, 0.2) is 64.4 Å². The fourth-order valence-electron chi connectivity index (χ4n) is 2.24. The van der Waals surface area contributed by atoms with Gasteiger partial charge in [-0.05, 0) is 24.3 Å². The number of ether oxygens (including phenoxy) is 1. The van der Waals surface area contributed by atoms with Gasteiger partial charge in [-0.2, -0.15) is 0 Å². The molecule has 4 heteroatoms. The molecule has 1 fully saturated rings. The molecule has 0 aromatic heterocycles. The zero-order chi connectivity index (χ0) is 14.5. The summed E-state index contributed by atoms with van der Waals surface area (Å²) >= 11 is 1.74. The summed E-state index contributed by atoms with van der Waals surface area (Å²) in [6.45, 7) is 2.15. The highest BCUT2D eigenvalue weighted by atomic mass is 32.2. The molecule has 0 atom stereocenters. The van der Waals surface area contributed by atoms with E-state index < -0.39 is 0 Å². The first-order valence-electron chi connectivity index (χ1n) is 7.06. The number of rotatable bonds is 6. The third-order valence-electron chi connectivity index (χ3n) is 3.66. The normalized spacial score (nSPS) is 16.2. The Hall–Kier alpha value is -1.49. The SMILES string of the molecule is OCC1(CNc2ccccc2Sc2ccccc2)COC1. The van der Waals surface area contributed by atoms with Gasteiger partial charge in [0.2, 0.25) is 0 Å². The summed E-state index contributed by atoms with van der Waals surface area (Å²) < 4.78 is 5.24. The Morgan fingerprint density at radius 1 is 1.05 bits per heavy atom. The summed E-state index contributed by atoms with van der Waals surface area (Å²) in [5.74, 6) is 0. The van der Waals surface area contributed by atoms with Gasteiger partial charge in [0.1, 0.15) is 0 Å². The third kappa shape index (κ3) is 3.40. The van der Waals surface area contributed by atoms with Gasteiger partial charge >= 0.3 is 0 Å². The monoisotopic (exact) mass is 301 g/mol. The average Bonchev–Trinajstić information content (AvgIpc) is 2.49. The predicted octanol–water partition coefficient (Wildman–Crippen LogP) is 3.26. The van der Waals surface area contributed by atoms with E-state index in [1.165, 1.54) is 9.79 Å². The molecule has 3 nitrogen and oxygen atoms in total. The lowest BCUT2D eigenvalue weighted by molar-refractivity contribution is -0.128. The molecule has 1 aliphatic rings. The highest BCUT2D eigenvalue weighted by Crippen LogP contribution is 2.34. The molecular formula is C17H19NO2S. The van der Waals surface area contributed by atoms with Crippen LogP contribution >= 0.6 is 11.8 Å². The van der Waals surface area contributed by atoms with Crippen LogP contribution in [0, 0.1) is 5.41 Å². The topological polar surface area (TPSA) is 41.5 Å². The van der Waals surface area contributed by atoms with E-state index in [2.05, 4.69) is 29.6 Å². The van der Waals surface area contributed by atoms with Gasteiger partial charge in [0.05, 0.1) is 25.2 Å². The molecule has 110 valence electrons. The van der Waals surface area contributed by atoms with Crippen molar-refractivity contribution in [3.63, 3.8) is 0 Å². The van der Waals surface area contributed by atoms with Crippen LogP contribution in [0.5, 0.6) is 0 Å². The largest absolute Gasteiger partial charge is 0.396 e. The van der Waals surface area contributed by atoms with E-state index in [1.807, 2.05) is 30.3 Å². The Morgan fingerprint density at radius 3 is 2.43 bits per heavy atom. The number of para-hydroxylation sites is 1. The summed E-state index contributed by atoms with van der Waals surface area (Å²) in [5.41, 5.74) is 0.982. The number of hydrogen-bond acceptors (Lipinski definition) is 4. The van der Waals surface area contributed by atoms with Gasteiger partial charge in [-0.1, -0.05) is 42.1 Å². The Balaban J connectivity index is 1.70. The average molecular weight is 301 g/mol. The summed E-state index contributed by atoms with van der Waals surface area (Å²) in [6, 6.07) is 18.6. The molecule has 0 amide bonds. The second-order valence-electron chi connectivity index (χ2n) is 5.42. The van der Waals surface area contributed by atoms with E-state index in [9.17, 15) is 5.11 Å². The van der Waals surface area contributed by atoms with Gasteiger partial charge in [0, 0.05) is 22.0 Å². The summed E-state index contributed by atoms with van der Waals surface area (Å²) in [6.07, 6.45) is 0. The van der Waals surface area contributed by atoms with E-state index in [0.29, 0.717) is 13.2 Å². The van der Waals surface area contributed by atoms with Crippen LogP contribution < -0.4 is 5.32 Å². The first-order chi connectivity index (χ1) is 10.3. The molecule has 1 aliphatic heterocycles. The maximum Gasteiger partial charge on any atom is 0.0584 e. The smallest absolute Gasteiger partial charge is 0.0584 e. The molecule has 1 saturated heterocycles. The molecule has 0 radical (unpaired) electrons. The number of anilines is 1. The number of hydrogen-bond donors (Lipinski definition) is 2. The zero-order valence-electron chi connectivity index (χ0n) is 11.8. The quantitative estimate of drug-likeness (QED) is 0.859. The fraction of sp³-hybridized carbons (Fsp3) is 0.294. The molecule has 0 bridgehead atoms. The van der Waals surface area contributed by atoms with E-state index in [1.54, 1.807) is 11.8 Å². The van der Waals surface area contributed by atoms with Crippen LogP contribution in [0.3, 0.4) is 0 Å². The first-order valence-corrected chi connectivity index (χ1v) is 7.87. The maximum atomic E-state index is 9.49. The van der Waals surface area contributed by atoms with Crippen molar-refractivity contribution >= 4 is 17.4 Å². The van der Waals surface area contributed by atoms with Gasteiger partial charge < -0.3 is 15.2 Å². The fourth-order valence-corrected chi connectivity index (χ4v) is 3.18. The minimum absolute atomic E-state index is 0.121. The standard InChI is InChI=1S/C17H19NO2S/c19-11-17(12-20-13-17)10-18-15-8-4-5-9-16(15)21-14-6-2-1-3-7-14/h1-9,18-19H,10-13H2. The van der Waals surface area contributed by atoms with Gasteiger partial charge in [0.15, 0.2) is 0 Å². The summed E-state index contributed by atoms with van der Waals surface area (Å²) in [4.78, 5) is 2.41. The van der Waals surface area contributed by atoms with Gasteiger partial charge in [-0.3, -0.25) is 0 Å². The number of nitrogens with one attached hydrogen (secondary N) is 1. The zero-order valence-corrected chi connectivity index (χ0v) is 12.6. The lowest BCUT2D eigenvalue weighted by Crippen LogP contribution is -2.50. The Morgan fingerprint density at radius 2 is 1.76 bits per heavy atom. The Kier molecular flexibility index (Phi) is 4.48. The van der Waals surface area contributed by atoms with Crippen molar-refractivity contribution in [2.75, 3.05) is 31.7 Å². The van der Waals surface area contributed by atoms with Crippen molar-refractivity contribution in [2.45, 2.75) is 9.79 Å². The van der Waals surface area contributed by atoms with Crippen molar-refractivity contribution in [1.82, 2.24) is 0 Å². The van der Waals surface area contributed by atoms with Crippen molar-refractivity contribution in [3.8, 4) is 0 Å². The second kappa shape index (κ2) is 6.52. The van der Waals surface area contributed by atoms with E-state index >= 15 is 0 Å². The molecule has 0 unspecified atom stereocenters. The molecule has 3 rings (SSSR count). The van der Waals surface area contributed by atoms with Crippen LogP contribution in [-0.2, 0) is 4.74 Å². The van der Waals surface area contributed by atoms with Gasteiger partial charge in [-0.25, -0.2) is 0 Å². The lowest BCUT2D eigenvalue weighted by Gasteiger charge is -2.40. The number of aliphatic hydroxyl groups excluding tert-OH is 1. The summed E-state index contributed by atoms with van der Waals surface area (Å²) in [5, 5.41) is 13.0. The first kappa shape index (κ1) is 14.4. The van der Waals surface area contributed by atoms with Crippen LogP contribution in [0.1, 0.15) is 0 Å². The molecule has 0 aliphatic carbocycles. The number of benzene rings is 2. The van der Waals surface area contributed by atoms with Crippen molar-refractivity contribution < 1.29 is 9.84 Å². The molecule has 1 heterocycles. The molecule has 0 spiro atoms. The second-order valence-corrected chi connectivity index (χ2v) is 6.53. The van der Waals surface area contributed by atoms with Crippen LogP contribution in [0.4, 0.5) is 5.69 Å². The maximum absolute atomic E-state index is 9.49. The minimum Gasteiger partial charge on any atom is -0.396 e. The summed E-state index contributed by atoms with van der Waals surface area (Å²) in [7, 11) is 0. The van der Waals surface area contributed by atoms with E-state index in [0.717, 1.165) is 12.2 Å². The third-order valence-corrected chi connectivity index (χ3v) is 4.75. The molecule has 21 heavy (non-hydrogen) atoms. The van der Waals surface area contributed by atoms with E-state index in [-0.39, 0.29) is 12.0 Å². The van der Waals surface area contributed by atoms with Crippen molar-refractivity contribution in [2.24, 2.45) is 5.41 Å². The Labute approximate surface area is 129 Å². The van der Waals surface area contributed by atoms with Crippen LogP contribution in [0.25, 0.3) is 0 Å². The van der Waals surface area contributed by atoms with Crippen LogP contribution in [0.2, 0.25) is 0 Å². The number of aliphatic hydroxyl groups is 1. The van der Waals surface area contributed by atoms with E-state index in [4.69, 9.17) is 4.74 Å². The van der Waals surface area contributed by atoms with Gasteiger partial charge in [0.25, 0.3) is 0 Å². The highest BCUT2D eigenvalue weighted by molar-refractivity contribution is 7.99. The molecule has 2 aromatic rings.